The summed E-state index contributed by atoms with van der Waals surface area (Å²) >= 11 is 0. The zero-order valence-corrected chi connectivity index (χ0v) is 10.4. The lowest BCUT2D eigenvalue weighted by Crippen LogP contribution is -2.21. The minimum atomic E-state index is 0. The maximum absolute atomic E-state index is 5.74. The van der Waals surface area contributed by atoms with Crippen molar-refractivity contribution < 1.29 is 4.74 Å². The second-order valence-corrected chi connectivity index (χ2v) is 4.06. The summed E-state index contributed by atoms with van der Waals surface area (Å²) < 4.78 is 5.71. The fourth-order valence-electron chi connectivity index (χ4n) is 1.91. The van der Waals surface area contributed by atoms with Gasteiger partial charge in [0.05, 0.1) is 0 Å². The van der Waals surface area contributed by atoms with Crippen molar-refractivity contribution in [2.45, 2.75) is 38.2 Å². The highest BCUT2D eigenvalue weighted by molar-refractivity contribution is 5.85. The normalized spacial score (nSPS) is 16.2. The summed E-state index contributed by atoms with van der Waals surface area (Å²) in [6.07, 6.45) is 5.86. The predicted molar refractivity (Wildman–Crippen MR) is 70.0 cm³/mol. The molecule has 0 unspecified atom stereocenters. The van der Waals surface area contributed by atoms with Crippen LogP contribution in [0.15, 0.2) is 0 Å². The molecule has 96 valence electrons. The first-order valence-corrected chi connectivity index (χ1v) is 5.52. The van der Waals surface area contributed by atoms with Gasteiger partial charge in [-0.05, 0) is 25.7 Å². The average Bonchev–Trinajstić information content (AvgIpc) is 2.27. The molecule has 0 bridgehead atoms. The summed E-state index contributed by atoms with van der Waals surface area (Å²) in [6.45, 7) is 0. The van der Waals surface area contributed by atoms with Gasteiger partial charge in [0.15, 0.2) is 5.82 Å². The molecule has 1 aliphatic carbocycles. The van der Waals surface area contributed by atoms with E-state index in [9.17, 15) is 0 Å². The molecule has 1 aromatic heterocycles. The Kier molecular flexibility index (Phi) is 4.62. The Morgan fingerprint density at radius 2 is 1.65 bits per heavy atom. The van der Waals surface area contributed by atoms with Gasteiger partial charge in [0.1, 0.15) is 11.8 Å². The van der Waals surface area contributed by atoms with Gasteiger partial charge in [0.2, 0.25) is 11.8 Å². The second-order valence-electron chi connectivity index (χ2n) is 4.06. The third-order valence-electron chi connectivity index (χ3n) is 2.79. The molecular formula is C10H18ClN5O. The second kappa shape index (κ2) is 5.77. The molecule has 0 radical (unpaired) electrons. The van der Waals surface area contributed by atoms with Gasteiger partial charge in [0.25, 0.3) is 0 Å². The highest BCUT2D eigenvalue weighted by atomic mass is 35.5. The van der Waals surface area contributed by atoms with Gasteiger partial charge < -0.3 is 21.9 Å². The first kappa shape index (κ1) is 13.6. The maximum Gasteiger partial charge on any atom is 0.244 e. The molecule has 0 amide bonds. The van der Waals surface area contributed by atoms with E-state index in [2.05, 4.69) is 9.97 Å². The largest absolute Gasteiger partial charge is 0.473 e. The molecule has 7 heteroatoms. The number of nitrogen functional groups attached to an aromatic ring is 3. The van der Waals surface area contributed by atoms with E-state index in [4.69, 9.17) is 21.9 Å². The molecule has 0 aromatic carbocycles. The van der Waals surface area contributed by atoms with Crippen LogP contribution >= 0.6 is 12.4 Å². The predicted octanol–water partition coefficient (Wildman–Crippen LogP) is 1.36. The van der Waals surface area contributed by atoms with E-state index in [1.807, 2.05) is 0 Å². The van der Waals surface area contributed by atoms with Crippen LogP contribution in [0.4, 0.5) is 17.5 Å². The molecule has 0 saturated heterocycles. The zero-order chi connectivity index (χ0) is 11.5. The standard InChI is InChI=1S/C10H17N5O.ClH/c11-7-8(12)14-10(13)15-9(7)16-6-4-2-1-3-5-6;/h6H,1-5,11H2,(H4,12,13,14,15);1H. The van der Waals surface area contributed by atoms with Gasteiger partial charge >= 0.3 is 0 Å². The van der Waals surface area contributed by atoms with Crippen molar-refractivity contribution in [2.24, 2.45) is 0 Å². The van der Waals surface area contributed by atoms with Crippen LogP contribution in [0.1, 0.15) is 32.1 Å². The van der Waals surface area contributed by atoms with Gasteiger partial charge in [-0.3, -0.25) is 0 Å². The van der Waals surface area contributed by atoms with Crippen molar-refractivity contribution >= 4 is 29.9 Å². The molecule has 17 heavy (non-hydrogen) atoms. The van der Waals surface area contributed by atoms with Gasteiger partial charge in [-0.1, -0.05) is 6.42 Å². The van der Waals surface area contributed by atoms with Crippen LogP contribution in [0.25, 0.3) is 0 Å². The summed E-state index contributed by atoms with van der Waals surface area (Å²) in [4.78, 5) is 7.73. The van der Waals surface area contributed by atoms with Crippen molar-refractivity contribution in [3.8, 4) is 5.88 Å². The Bertz CT molecular complexity index is 381. The molecular weight excluding hydrogens is 242 g/mol. The summed E-state index contributed by atoms with van der Waals surface area (Å²) in [7, 11) is 0. The van der Waals surface area contributed by atoms with E-state index >= 15 is 0 Å². The Hall–Kier alpha value is -1.43. The molecule has 1 aromatic rings. The molecule has 1 aliphatic rings. The fourth-order valence-corrected chi connectivity index (χ4v) is 1.91. The van der Waals surface area contributed by atoms with Crippen LogP contribution in [0.3, 0.4) is 0 Å². The monoisotopic (exact) mass is 259 g/mol. The lowest BCUT2D eigenvalue weighted by atomic mass is 9.98. The minimum absolute atomic E-state index is 0. The quantitative estimate of drug-likeness (QED) is 0.739. The minimum Gasteiger partial charge on any atom is -0.473 e. The Morgan fingerprint density at radius 1 is 1.00 bits per heavy atom. The number of hydrogen-bond donors (Lipinski definition) is 3. The van der Waals surface area contributed by atoms with E-state index in [-0.39, 0.29) is 36.0 Å². The maximum atomic E-state index is 5.74. The first-order valence-electron chi connectivity index (χ1n) is 5.52. The Labute approximate surface area is 106 Å². The number of nitrogens with two attached hydrogens (primary N) is 3. The van der Waals surface area contributed by atoms with Crippen molar-refractivity contribution in [2.75, 3.05) is 17.2 Å². The number of ether oxygens (including phenoxy) is 1. The smallest absolute Gasteiger partial charge is 0.244 e. The van der Waals surface area contributed by atoms with Crippen molar-refractivity contribution in [1.29, 1.82) is 0 Å². The number of rotatable bonds is 2. The number of nitrogens with zero attached hydrogens (tertiary/aromatic N) is 2. The van der Waals surface area contributed by atoms with E-state index in [0.29, 0.717) is 5.88 Å². The number of halogens is 1. The molecule has 1 fully saturated rings. The zero-order valence-electron chi connectivity index (χ0n) is 9.56. The lowest BCUT2D eigenvalue weighted by molar-refractivity contribution is 0.150. The third kappa shape index (κ3) is 3.26. The van der Waals surface area contributed by atoms with Gasteiger partial charge in [-0.25, -0.2) is 0 Å². The SMILES string of the molecule is Cl.Nc1nc(N)c(N)c(OC2CCCCC2)n1. The van der Waals surface area contributed by atoms with E-state index < -0.39 is 0 Å². The molecule has 0 atom stereocenters. The molecule has 0 aliphatic heterocycles. The molecule has 0 spiro atoms. The van der Waals surface area contributed by atoms with Crippen LogP contribution in [-0.4, -0.2) is 16.1 Å². The summed E-state index contributed by atoms with van der Waals surface area (Å²) in [6, 6.07) is 0. The van der Waals surface area contributed by atoms with Crippen LogP contribution in [0.2, 0.25) is 0 Å². The number of aromatic nitrogens is 2. The molecule has 6 nitrogen and oxygen atoms in total. The topological polar surface area (TPSA) is 113 Å². The van der Waals surface area contributed by atoms with E-state index in [0.717, 1.165) is 12.8 Å². The fraction of sp³-hybridized carbons (Fsp3) is 0.600. The van der Waals surface area contributed by atoms with Crippen molar-refractivity contribution in [3.63, 3.8) is 0 Å². The van der Waals surface area contributed by atoms with Crippen molar-refractivity contribution in [3.05, 3.63) is 0 Å². The third-order valence-corrected chi connectivity index (χ3v) is 2.79. The first-order chi connectivity index (χ1) is 7.66. The average molecular weight is 260 g/mol. The molecule has 6 N–H and O–H groups in total. The molecule has 1 heterocycles. The highest BCUT2D eigenvalue weighted by Gasteiger charge is 2.18. The summed E-state index contributed by atoms with van der Waals surface area (Å²) in [5.74, 6) is 0.590. The van der Waals surface area contributed by atoms with Gasteiger partial charge in [-0.2, -0.15) is 9.97 Å². The number of anilines is 3. The molecule has 1 saturated carbocycles. The Balaban J connectivity index is 0.00000144. The summed E-state index contributed by atoms with van der Waals surface area (Å²) in [5.41, 5.74) is 17.1. The summed E-state index contributed by atoms with van der Waals surface area (Å²) in [5, 5.41) is 0. The van der Waals surface area contributed by atoms with Crippen LogP contribution in [-0.2, 0) is 0 Å². The highest BCUT2D eigenvalue weighted by Crippen LogP contribution is 2.28. The van der Waals surface area contributed by atoms with Crippen LogP contribution in [0, 0.1) is 0 Å². The van der Waals surface area contributed by atoms with E-state index in [1.54, 1.807) is 0 Å². The number of hydrogen-bond acceptors (Lipinski definition) is 6. The van der Waals surface area contributed by atoms with Gasteiger partial charge in [-0.15, -0.1) is 12.4 Å². The van der Waals surface area contributed by atoms with Crippen molar-refractivity contribution in [1.82, 2.24) is 9.97 Å². The van der Waals surface area contributed by atoms with E-state index in [1.165, 1.54) is 19.3 Å². The molecule has 2 rings (SSSR count). The Morgan fingerprint density at radius 3 is 2.29 bits per heavy atom. The van der Waals surface area contributed by atoms with Gasteiger partial charge in [0, 0.05) is 0 Å². The van der Waals surface area contributed by atoms with Crippen LogP contribution < -0.4 is 21.9 Å². The lowest BCUT2D eigenvalue weighted by Gasteiger charge is -2.23. The van der Waals surface area contributed by atoms with Crippen LogP contribution in [0.5, 0.6) is 5.88 Å².